The molecule has 5 rings (SSSR count). The van der Waals surface area contributed by atoms with Gasteiger partial charge in [-0.15, -0.1) is 0 Å². The quantitative estimate of drug-likeness (QED) is 0.457. The van der Waals surface area contributed by atoms with E-state index in [4.69, 9.17) is 9.47 Å². The van der Waals surface area contributed by atoms with Gasteiger partial charge in [0.2, 0.25) is 5.91 Å². The molecule has 8 nitrogen and oxygen atoms in total. The molecule has 2 amide bonds. The first-order valence-corrected chi connectivity index (χ1v) is 17.1. The number of anilines is 2. The maximum absolute atomic E-state index is 14.1. The number of likely N-dealkylation sites (N-methyl/N-ethyl adjacent to an activating group) is 1. The first-order valence-electron chi connectivity index (χ1n) is 14.0. The predicted octanol–water partition coefficient (Wildman–Crippen LogP) is 3.21. The monoisotopic (exact) mass is 551 g/mol. The van der Waals surface area contributed by atoms with Crippen molar-refractivity contribution in [3.8, 4) is 5.75 Å². The molecule has 0 saturated carbocycles. The van der Waals surface area contributed by atoms with Crippen LogP contribution in [0.5, 0.6) is 5.75 Å². The number of piperidine rings is 1. The number of ether oxygens (including phenoxy) is 2. The Balaban J connectivity index is 1.52. The van der Waals surface area contributed by atoms with Gasteiger partial charge < -0.3 is 30.1 Å². The van der Waals surface area contributed by atoms with E-state index in [2.05, 4.69) is 42.8 Å². The molecule has 3 heterocycles. The van der Waals surface area contributed by atoms with Gasteiger partial charge in [-0.3, -0.25) is 9.59 Å². The Bertz CT molecular complexity index is 1230. The Morgan fingerprint density at radius 1 is 1.26 bits per heavy atom. The molecule has 3 aliphatic rings. The summed E-state index contributed by atoms with van der Waals surface area (Å²) in [4.78, 5) is 28.8. The van der Waals surface area contributed by atoms with Crippen molar-refractivity contribution in [3.05, 3.63) is 48.0 Å². The molecule has 0 radical (unpaired) electrons. The van der Waals surface area contributed by atoms with Gasteiger partial charge in [-0.2, -0.15) is 0 Å². The maximum Gasteiger partial charge on any atom is 0.264 e. The molecular formula is C30H41N3O5Si. The van der Waals surface area contributed by atoms with Gasteiger partial charge in [-0.05, 0) is 61.7 Å². The zero-order valence-electron chi connectivity index (χ0n) is 23.6. The van der Waals surface area contributed by atoms with Crippen LogP contribution in [0.15, 0.2) is 42.5 Å². The molecule has 0 bridgehead atoms. The van der Waals surface area contributed by atoms with Crippen molar-refractivity contribution in [2.45, 2.75) is 56.5 Å². The number of aliphatic hydroxyl groups excluding tert-OH is 1. The summed E-state index contributed by atoms with van der Waals surface area (Å²) in [5.74, 6) is 0.514. The highest BCUT2D eigenvalue weighted by molar-refractivity contribution is 6.91. The molecular weight excluding hydrogens is 510 g/mol. The molecule has 2 aromatic carbocycles. The second kappa shape index (κ2) is 10.7. The number of carbonyl (C=O) groups is 2. The van der Waals surface area contributed by atoms with Crippen LogP contribution in [-0.4, -0.2) is 65.0 Å². The number of hydrogen-bond acceptors (Lipinski definition) is 6. The van der Waals surface area contributed by atoms with Crippen LogP contribution in [0, 0.1) is 11.8 Å². The Morgan fingerprint density at radius 2 is 2.00 bits per heavy atom. The lowest BCUT2D eigenvalue weighted by Crippen LogP contribution is -2.51. The topological polar surface area (TPSA) is 100 Å². The van der Waals surface area contributed by atoms with Gasteiger partial charge in [0, 0.05) is 37.4 Å². The zero-order valence-corrected chi connectivity index (χ0v) is 24.6. The van der Waals surface area contributed by atoms with Crippen molar-refractivity contribution in [2.24, 2.45) is 11.8 Å². The smallest absolute Gasteiger partial charge is 0.264 e. The lowest BCUT2D eigenvalue weighted by Gasteiger charge is -2.37. The van der Waals surface area contributed by atoms with Gasteiger partial charge in [0.1, 0.15) is 5.75 Å². The van der Waals surface area contributed by atoms with E-state index in [1.807, 2.05) is 30.3 Å². The minimum absolute atomic E-state index is 0.00153. The fraction of sp³-hybridized carbons (Fsp3) is 0.533. The summed E-state index contributed by atoms with van der Waals surface area (Å²) in [5.41, 5.74) is 1.19. The first kappa shape index (κ1) is 27.8. The molecule has 2 aromatic rings. The molecule has 2 saturated heterocycles. The van der Waals surface area contributed by atoms with Crippen LogP contribution >= 0.6 is 0 Å². The zero-order chi connectivity index (χ0) is 27.9. The standard InChI is InChI=1S/C30H41N3O5Si/c1-19-27(39(4,5)23-11-9-22(37-3)10-12-23)26(14-16-34)38-30(19)24-17-21(8-13-25(24)33(2)29(30)36)32-28(35)20-7-6-15-31-18-20/h8-13,17,19-20,26-27,31,34H,6-7,14-16,18H2,1-5H3,(H,32,35)/t19-,20?,26+,27-,30+/m0/s1. The van der Waals surface area contributed by atoms with Crippen molar-refractivity contribution in [1.29, 1.82) is 0 Å². The number of amides is 2. The number of aliphatic hydroxyl groups is 1. The Morgan fingerprint density at radius 3 is 2.64 bits per heavy atom. The summed E-state index contributed by atoms with van der Waals surface area (Å²) >= 11 is 0. The minimum atomic E-state index is -2.21. The van der Waals surface area contributed by atoms with Crippen molar-refractivity contribution < 1.29 is 24.2 Å². The summed E-state index contributed by atoms with van der Waals surface area (Å²) in [6, 6.07) is 13.9. The number of rotatable bonds is 7. The number of carbonyl (C=O) groups excluding carboxylic acids is 2. The molecule has 3 aliphatic heterocycles. The molecule has 3 N–H and O–H groups in total. The van der Waals surface area contributed by atoms with Crippen molar-refractivity contribution in [3.63, 3.8) is 0 Å². The van der Waals surface area contributed by atoms with E-state index in [9.17, 15) is 14.7 Å². The van der Waals surface area contributed by atoms with Gasteiger partial charge in [0.25, 0.3) is 5.91 Å². The van der Waals surface area contributed by atoms with Crippen molar-refractivity contribution in [2.75, 3.05) is 44.1 Å². The molecule has 0 aliphatic carbocycles. The van der Waals surface area contributed by atoms with E-state index in [0.717, 1.165) is 36.4 Å². The van der Waals surface area contributed by atoms with E-state index in [1.165, 1.54) is 5.19 Å². The number of benzene rings is 2. The lowest BCUT2D eigenvalue weighted by atomic mass is 9.82. The van der Waals surface area contributed by atoms with E-state index in [-0.39, 0.29) is 41.9 Å². The van der Waals surface area contributed by atoms with Crippen LogP contribution < -0.4 is 25.5 Å². The Hall–Kier alpha value is -2.72. The van der Waals surface area contributed by atoms with Gasteiger partial charge in [-0.25, -0.2) is 0 Å². The van der Waals surface area contributed by atoms with Crippen LogP contribution in [0.3, 0.4) is 0 Å². The van der Waals surface area contributed by atoms with Gasteiger partial charge in [0.05, 0.1) is 32.9 Å². The third kappa shape index (κ3) is 4.59. The number of methoxy groups -OCH3 is 1. The van der Waals surface area contributed by atoms with Crippen molar-refractivity contribution in [1.82, 2.24) is 5.32 Å². The number of nitrogens with one attached hydrogen (secondary N) is 2. The summed E-state index contributed by atoms with van der Waals surface area (Å²) < 4.78 is 12.2. The molecule has 2 fully saturated rings. The molecule has 1 spiro atoms. The lowest BCUT2D eigenvalue weighted by molar-refractivity contribution is -0.145. The second-order valence-electron chi connectivity index (χ2n) is 11.8. The summed E-state index contributed by atoms with van der Waals surface area (Å²) in [6.07, 6.45) is 2.03. The van der Waals surface area contributed by atoms with Crippen LogP contribution in [0.1, 0.15) is 31.7 Å². The molecule has 9 heteroatoms. The number of fused-ring (bicyclic) bond motifs is 2. The van der Waals surface area contributed by atoms with E-state index >= 15 is 0 Å². The summed E-state index contributed by atoms with van der Waals surface area (Å²) in [7, 11) is 1.24. The van der Waals surface area contributed by atoms with Crippen LogP contribution in [0.4, 0.5) is 11.4 Å². The molecule has 210 valence electrons. The van der Waals surface area contributed by atoms with Crippen LogP contribution in [0.25, 0.3) is 0 Å². The minimum Gasteiger partial charge on any atom is -0.497 e. The van der Waals surface area contributed by atoms with Crippen LogP contribution in [-0.2, 0) is 19.9 Å². The van der Waals surface area contributed by atoms with Gasteiger partial charge in [-0.1, -0.05) is 37.3 Å². The van der Waals surface area contributed by atoms with Gasteiger partial charge in [0.15, 0.2) is 5.60 Å². The third-order valence-corrected chi connectivity index (χ3v) is 13.7. The van der Waals surface area contributed by atoms with Crippen LogP contribution in [0.2, 0.25) is 18.6 Å². The van der Waals surface area contributed by atoms with E-state index in [0.29, 0.717) is 18.7 Å². The van der Waals surface area contributed by atoms with E-state index < -0.39 is 13.7 Å². The Kier molecular flexibility index (Phi) is 7.63. The number of hydrogen-bond donors (Lipinski definition) is 3. The highest BCUT2D eigenvalue weighted by atomic mass is 28.3. The average Bonchev–Trinajstić information content (AvgIpc) is 3.36. The molecule has 5 atom stereocenters. The molecule has 0 aromatic heterocycles. The fourth-order valence-electron chi connectivity index (χ4n) is 7.21. The largest absolute Gasteiger partial charge is 0.497 e. The summed E-state index contributed by atoms with van der Waals surface area (Å²) in [5, 5.41) is 17.7. The average molecular weight is 552 g/mol. The third-order valence-electron chi connectivity index (χ3n) is 9.31. The number of nitrogens with zero attached hydrogens (tertiary/aromatic N) is 1. The normalized spacial score (nSPS) is 28.6. The van der Waals surface area contributed by atoms with Crippen molar-refractivity contribution >= 4 is 36.4 Å². The summed E-state index contributed by atoms with van der Waals surface area (Å²) in [6.45, 7) is 8.38. The Labute approximate surface area is 232 Å². The second-order valence-corrected chi connectivity index (χ2v) is 16.5. The SMILES string of the molecule is COc1ccc([Si](C)(C)[C@@H]2[C@@H](CCO)O[C@]3(C(=O)N(C)c4ccc(NC(=O)C5CCCNC5)cc43)[C@H]2C)cc1. The first-order chi connectivity index (χ1) is 18.6. The maximum atomic E-state index is 14.1. The predicted molar refractivity (Wildman–Crippen MR) is 155 cm³/mol. The highest BCUT2D eigenvalue weighted by Gasteiger charge is 2.65. The highest BCUT2D eigenvalue weighted by Crippen LogP contribution is 2.59. The van der Waals surface area contributed by atoms with E-state index in [1.54, 1.807) is 19.1 Å². The van der Waals surface area contributed by atoms with Gasteiger partial charge >= 0.3 is 0 Å². The molecule has 39 heavy (non-hydrogen) atoms. The fourth-order valence-corrected chi connectivity index (χ4v) is 11.3. The molecule has 1 unspecified atom stereocenters.